The topological polar surface area (TPSA) is 51.0 Å². The molecule has 4 heterocycles. The van der Waals surface area contributed by atoms with Gasteiger partial charge in [-0.3, -0.25) is 4.57 Å². The molecule has 0 aliphatic carbocycles. The Balaban J connectivity index is 0.917. The first-order chi connectivity index (χ1) is 39.5. The molecule has 0 atom stereocenters. The van der Waals surface area contributed by atoms with Gasteiger partial charge in [0.05, 0.1) is 29.2 Å². The van der Waals surface area contributed by atoms with Gasteiger partial charge in [-0.15, -0.1) is 0 Å². The van der Waals surface area contributed by atoms with Crippen LogP contribution in [0, 0.1) is 6.57 Å². The second kappa shape index (κ2) is 19.9. The first kappa shape index (κ1) is 51.8. The summed E-state index contributed by atoms with van der Waals surface area (Å²) in [7, 11) is 0. The first-order valence-corrected chi connectivity index (χ1v) is 28.3. The van der Waals surface area contributed by atoms with Crippen molar-refractivity contribution in [2.24, 2.45) is 0 Å². The SMILES string of the molecule is [C-]#[N+]c1cc(Oc2ccc3c4oc5ccccc5c4n(-c4cc(C(C)(C)C)ccn4)c3c2)cc(N2CN(c3c(-c4cccc(-c5ccc(C(C)(C)C)cc5)c4)cccc3-c3cccc(-c4ccc(C(C)(C)C)cc4)c3)c3ccccc32)c1. The van der Waals surface area contributed by atoms with E-state index >= 15 is 0 Å². The van der Waals surface area contributed by atoms with Gasteiger partial charge in [0.1, 0.15) is 35.1 Å². The van der Waals surface area contributed by atoms with E-state index in [-0.39, 0.29) is 16.2 Å². The number of hydrogen-bond acceptors (Lipinski definition) is 5. The molecule has 0 N–H and O–H groups in total. The lowest BCUT2D eigenvalue weighted by Crippen LogP contribution is -2.25. The lowest BCUT2D eigenvalue weighted by Gasteiger charge is -2.28. The molecule has 12 aromatic rings. The maximum Gasteiger partial charge on any atom is 0.192 e. The number of fused-ring (bicyclic) bond motifs is 6. The van der Waals surface area contributed by atoms with Gasteiger partial charge in [0.15, 0.2) is 11.3 Å². The predicted octanol–water partition coefficient (Wildman–Crippen LogP) is 21.1. The van der Waals surface area contributed by atoms with Crippen LogP contribution in [0.1, 0.15) is 79.0 Å². The third-order valence-corrected chi connectivity index (χ3v) is 16.2. The molecule has 3 aromatic heterocycles. The zero-order chi connectivity index (χ0) is 56.7. The molecule has 0 radical (unpaired) electrons. The summed E-state index contributed by atoms with van der Waals surface area (Å²) in [4.78, 5) is 13.7. The quantitative estimate of drug-likeness (QED) is 0.135. The molecule has 1 aliphatic rings. The molecule has 0 unspecified atom stereocenters. The van der Waals surface area contributed by atoms with Crippen molar-refractivity contribution >= 4 is 61.4 Å². The summed E-state index contributed by atoms with van der Waals surface area (Å²) in [6.07, 6.45) is 1.89. The average Bonchev–Trinajstić information content (AvgIpc) is 3.35. The number of furan rings is 1. The average molecular weight is 1070 g/mol. The predicted molar refractivity (Wildman–Crippen MR) is 341 cm³/mol. The van der Waals surface area contributed by atoms with Gasteiger partial charge < -0.3 is 19.0 Å². The van der Waals surface area contributed by atoms with Gasteiger partial charge in [0.2, 0.25) is 0 Å². The second-order valence-corrected chi connectivity index (χ2v) is 24.8. The molecule has 0 amide bonds. The van der Waals surface area contributed by atoms with Gasteiger partial charge in [-0.05, 0) is 139 Å². The molecule has 0 bridgehead atoms. The molecule has 82 heavy (non-hydrogen) atoms. The number of anilines is 4. The highest BCUT2D eigenvalue weighted by molar-refractivity contribution is 6.16. The summed E-state index contributed by atoms with van der Waals surface area (Å²) in [6.45, 7) is 29.1. The number of benzene rings is 9. The van der Waals surface area contributed by atoms with E-state index in [2.05, 4.69) is 257 Å². The van der Waals surface area contributed by atoms with Crippen LogP contribution < -0.4 is 14.5 Å². The lowest BCUT2D eigenvalue weighted by atomic mass is 9.86. The highest BCUT2D eigenvalue weighted by atomic mass is 16.5. The summed E-state index contributed by atoms with van der Waals surface area (Å²) >= 11 is 0. The minimum atomic E-state index is -0.0892. The summed E-state index contributed by atoms with van der Waals surface area (Å²) in [5, 5.41) is 1.96. The van der Waals surface area contributed by atoms with E-state index in [0.29, 0.717) is 23.9 Å². The van der Waals surface area contributed by atoms with Crippen LogP contribution in [0.4, 0.5) is 28.4 Å². The normalized spacial score (nSPS) is 12.8. The van der Waals surface area contributed by atoms with Gasteiger partial charge >= 0.3 is 0 Å². The van der Waals surface area contributed by atoms with E-state index in [0.717, 1.165) is 94.9 Å². The molecule has 0 spiro atoms. The molecule has 1 aliphatic heterocycles. The van der Waals surface area contributed by atoms with Crippen LogP contribution >= 0.6 is 0 Å². The van der Waals surface area contributed by atoms with Crippen molar-refractivity contribution in [3.8, 4) is 61.8 Å². The third-order valence-electron chi connectivity index (χ3n) is 16.2. The number of nitrogens with zero attached hydrogens (tertiary/aromatic N) is 5. The smallest absolute Gasteiger partial charge is 0.192 e. The monoisotopic (exact) mass is 1070 g/mol. The van der Waals surface area contributed by atoms with Crippen LogP contribution in [0.3, 0.4) is 0 Å². The van der Waals surface area contributed by atoms with Crippen LogP contribution in [0.25, 0.3) is 88.1 Å². The lowest BCUT2D eigenvalue weighted by molar-refractivity contribution is 0.483. The van der Waals surface area contributed by atoms with Crippen molar-refractivity contribution in [2.45, 2.75) is 78.6 Å². The molecular formula is C75H65N5O2. The molecule has 7 heteroatoms. The Morgan fingerprint density at radius 2 is 1.05 bits per heavy atom. The molecule has 0 fully saturated rings. The van der Waals surface area contributed by atoms with Gasteiger partial charge in [0, 0.05) is 45.9 Å². The third kappa shape index (κ3) is 9.44. The summed E-state index contributed by atoms with van der Waals surface area (Å²) in [5.74, 6) is 1.98. The maximum absolute atomic E-state index is 8.41. The Morgan fingerprint density at radius 3 is 1.66 bits per heavy atom. The number of hydrogen-bond donors (Lipinski definition) is 0. The fourth-order valence-corrected chi connectivity index (χ4v) is 11.7. The summed E-state index contributed by atoms with van der Waals surface area (Å²) in [5.41, 5.74) is 20.9. The largest absolute Gasteiger partial charge is 0.459 e. The van der Waals surface area contributed by atoms with Gasteiger partial charge in [-0.2, -0.15) is 0 Å². The number of pyridine rings is 1. The van der Waals surface area contributed by atoms with E-state index in [1.165, 1.54) is 27.8 Å². The van der Waals surface area contributed by atoms with E-state index in [1.54, 1.807) is 0 Å². The van der Waals surface area contributed by atoms with Crippen molar-refractivity contribution in [2.75, 3.05) is 16.5 Å². The zero-order valence-corrected chi connectivity index (χ0v) is 48.0. The van der Waals surface area contributed by atoms with Crippen LogP contribution in [-0.2, 0) is 16.2 Å². The molecule has 0 saturated carbocycles. The summed E-state index contributed by atoms with van der Waals surface area (Å²) < 4.78 is 15.7. The number of ether oxygens (including phenoxy) is 1. The highest BCUT2D eigenvalue weighted by Crippen LogP contribution is 2.52. The Hall–Kier alpha value is -9.64. The van der Waals surface area contributed by atoms with Crippen molar-refractivity contribution in [3.63, 3.8) is 0 Å². The van der Waals surface area contributed by atoms with E-state index in [1.807, 2.05) is 42.6 Å². The van der Waals surface area contributed by atoms with Crippen molar-refractivity contribution in [1.82, 2.24) is 9.55 Å². The van der Waals surface area contributed by atoms with Crippen LogP contribution in [-0.4, -0.2) is 16.2 Å². The molecule has 9 aromatic carbocycles. The zero-order valence-electron chi connectivity index (χ0n) is 48.0. The molecular weight excluding hydrogens is 1000 g/mol. The Bertz CT molecular complexity index is 4360. The molecule has 13 rings (SSSR count). The maximum atomic E-state index is 8.41. The number of aromatic nitrogens is 2. The van der Waals surface area contributed by atoms with Gasteiger partial charge in [-0.25, -0.2) is 9.83 Å². The van der Waals surface area contributed by atoms with E-state index in [9.17, 15) is 0 Å². The minimum Gasteiger partial charge on any atom is -0.459 e. The Labute approximate surface area is 481 Å². The number of para-hydroxylation sites is 4. The second-order valence-electron chi connectivity index (χ2n) is 24.8. The number of rotatable bonds is 9. The molecule has 7 nitrogen and oxygen atoms in total. The molecule has 0 saturated heterocycles. The van der Waals surface area contributed by atoms with Gasteiger partial charge in [0.25, 0.3) is 0 Å². The van der Waals surface area contributed by atoms with Crippen molar-refractivity contribution in [3.05, 3.63) is 247 Å². The summed E-state index contributed by atoms with van der Waals surface area (Å²) in [6, 6.07) is 75.7. The van der Waals surface area contributed by atoms with E-state index < -0.39 is 0 Å². The first-order valence-electron chi connectivity index (χ1n) is 28.3. The van der Waals surface area contributed by atoms with Gasteiger partial charge in [-0.1, -0.05) is 190 Å². The Morgan fingerprint density at radius 1 is 0.476 bits per heavy atom. The van der Waals surface area contributed by atoms with Crippen molar-refractivity contribution in [1.29, 1.82) is 0 Å². The van der Waals surface area contributed by atoms with Crippen molar-refractivity contribution < 1.29 is 9.15 Å². The Kier molecular flexibility index (Phi) is 12.5. The highest BCUT2D eigenvalue weighted by Gasteiger charge is 2.32. The fraction of sp³-hybridized carbons (Fsp3) is 0.173. The van der Waals surface area contributed by atoms with Crippen LogP contribution in [0.15, 0.2) is 223 Å². The van der Waals surface area contributed by atoms with Crippen LogP contribution in [0.2, 0.25) is 0 Å². The minimum absolute atomic E-state index is 0.0554. The molecule has 402 valence electrons. The van der Waals surface area contributed by atoms with E-state index in [4.69, 9.17) is 20.7 Å². The van der Waals surface area contributed by atoms with Crippen LogP contribution in [0.5, 0.6) is 11.5 Å². The standard InChI is InChI=1S/C75H65N5O2/c1-73(2,3)54-32-28-48(29-33-54)50-18-15-20-52(40-50)61-23-17-24-62(53-21-16-19-51(41-53)49-30-34-55(35-31-49)74(4,5)6)70(61)79-47-78(65-25-12-13-26-66(65)79)58-43-57(76-10)44-60(45-58)81-59-36-37-63-67(46-59)80(69-42-56(38-39-77-69)75(7,8)9)71-64-22-11-14-27-68(64)82-72(63)71/h11-46H,47H2,1-9H3. The fourth-order valence-electron chi connectivity index (χ4n) is 11.7.